The first-order chi connectivity index (χ1) is 14.1. The third-order valence-electron chi connectivity index (χ3n) is 4.04. The molecule has 9 heteroatoms. The van der Waals surface area contributed by atoms with Crippen LogP contribution in [0.3, 0.4) is 0 Å². The van der Waals surface area contributed by atoms with E-state index in [1.54, 1.807) is 19.2 Å². The number of amides is 1. The summed E-state index contributed by atoms with van der Waals surface area (Å²) in [6, 6.07) is 14.6. The zero-order chi connectivity index (χ0) is 20.6. The Kier molecular flexibility index (Phi) is 7.94. The summed E-state index contributed by atoms with van der Waals surface area (Å²) in [7, 11) is 1.66. The molecule has 3 aromatic rings. The molecule has 0 unspecified atom stereocenters. The Bertz CT molecular complexity index is 981. The Morgan fingerprint density at radius 3 is 2.55 bits per heavy atom. The van der Waals surface area contributed by atoms with Crippen molar-refractivity contribution in [3.05, 3.63) is 58.6 Å². The van der Waals surface area contributed by atoms with Crippen molar-refractivity contribution in [2.24, 2.45) is 0 Å². The lowest BCUT2D eigenvalue weighted by atomic mass is 10.2. The van der Waals surface area contributed by atoms with Gasteiger partial charge in [0.15, 0.2) is 11.0 Å². The summed E-state index contributed by atoms with van der Waals surface area (Å²) in [5.41, 5.74) is 1.38. The van der Waals surface area contributed by atoms with Crippen LogP contribution < -0.4 is 5.32 Å². The number of nitrogens with zero attached hydrogens (tertiary/aromatic N) is 3. The van der Waals surface area contributed by atoms with Crippen molar-refractivity contribution >= 4 is 46.6 Å². The number of aromatic nitrogens is 3. The summed E-state index contributed by atoms with van der Waals surface area (Å²) < 4.78 is 7.13. The molecule has 3 rings (SSSR count). The number of nitrogens with one attached hydrogen (secondary N) is 1. The first-order valence-electron chi connectivity index (χ1n) is 8.94. The molecule has 1 N–H and O–H groups in total. The van der Waals surface area contributed by atoms with Crippen molar-refractivity contribution in [1.29, 1.82) is 0 Å². The standard InChI is InChI=1S/C20H20Cl2N4O2S/c1-28-12-6-11-26-19(14-7-2-3-8-15(14)21)24-25-20(26)29-13-18(27)23-17-10-5-4-9-16(17)22/h2-5,7-10H,6,11-13H2,1H3,(H,23,27). The van der Waals surface area contributed by atoms with Gasteiger partial charge in [0.05, 0.1) is 21.5 Å². The van der Waals surface area contributed by atoms with E-state index in [0.29, 0.717) is 39.9 Å². The number of benzene rings is 2. The summed E-state index contributed by atoms with van der Waals surface area (Å²) in [5, 5.41) is 13.1. The number of halogens is 2. The van der Waals surface area contributed by atoms with Crippen molar-refractivity contribution in [1.82, 2.24) is 14.8 Å². The maximum Gasteiger partial charge on any atom is 0.234 e. The van der Waals surface area contributed by atoms with Crippen LogP contribution in [0.15, 0.2) is 53.7 Å². The Hall–Kier alpha value is -2.06. The van der Waals surface area contributed by atoms with Crippen LogP contribution in [0.4, 0.5) is 5.69 Å². The largest absolute Gasteiger partial charge is 0.385 e. The van der Waals surface area contributed by atoms with E-state index in [1.165, 1.54) is 11.8 Å². The number of anilines is 1. The molecule has 152 valence electrons. The summed E-state index contributed by atoms with van der Waals surface area (Å²) in [5.74, 6) is 0.672. The number of carbonyl (C=O) groups excluding carboxylic acids is 1. The Balaban J connectivity index is 1.75. The molecule has 2 aromatic carbocycles. The van der Waals surface area contributed by atoms with E-state index in [-0.39, 0.29) is 11.7 Å². The summed E-state index contributed by atoms with van der Waals surface area (Å²) in [6.07, 6.45) is 0.783. The Morgan fingerprint density at radius 2 is 1.83 bits per heavy atom. The molecule has 0 radical (unpaired) electrons. The van der Waals surface area contributed by atoms with E-state index < -0.39 is 0 Å². The first kappa shape index (κ1) is 21.6. The van der Waals surface area contributed by atoms with Gasteiger partial charge in [-0.05, 0) is 30.7 Å². The number of methoxy groups -OCH3 is 1. The van der Waals surface area contributed by atoms with Crippen LogP contribution in [0, 0.1) is 0 Å². The normalized spacial score (nSPS) is 10.9. The van der Waals surface area contributed by atoms with Crippen LogP contribution in [0.1, 0.15) is 6.42 Å². The fraction of sp³-hybridized carbons (Fsp3) is 0.250. The number of para-hydroxylation sites is 1. The number of hydrogen-bond acceptors (Lipinski definition) is 5. The van der Waals surface area contributed by atoms with Crippen LogP contribution in [-0.2, 0) is 16.1 Å². The highest BCUT2D eigenvalue weighted by molar-refractivity contribution is 7.99. The minimum Gasteiger partial charge on any atom is -0.385 e. The van der Waals surface area contributed by atoms with E-state index >= 15 is 0 Å². The van der Waals surface area contributed by atoms with E-state index in [0.717, 1.165) is 12.0 Å². The predicted octanol–water partition coefficient (Wildman–Crippen LogP) is 5.02. The molecule has 1 heterocycles. The molecule has 1 aromatic heterocycles. The lowest BCUT2D eigenvalue weighted by molar-refractivity contribution is -0.113. The van der Waals surface area contributed by atoms with Gasteiger partial charge >= 0.3 is 0 Å². The van der Waals surface area contributed by atoms with Gasteiger partial charge in [-0.25, -0.2) is 0 Å². The second-order valence-electron chi connectivity index (χ2n) is 6.10. The smallest absolute Gasteiger partial charge is 0.234 e. The molecule has 0 saturated carbocycles. The van der Waals surface area contributed by atoms with Gasteiger partial charge in [-0.15, -0.1) is 10.2 Å². The highest BCUT2D eigenvalue weighted by atomic mass is 35.5. The minimum atomic E-state index is -0.172. The van der Waals surface area contributed by atoms with Gasteiger partial charge in [0.1, 0.15) is 0 Å². The summed E-state index contributed by atoms with van der Waals surface area (Å²) in [6.45, 7) is 1.26. The number of thioether (sulfide) groups is 1. The Labute approximate surface area is 183 Å². The fourth-order valence-electron chi connectivity index (χ4n) is 2.68. The molecule has 29 heavy (non-hydrogen) atoms. The lowest BCUT2D eigenvalue weighted by Gasteiger charge is -2.11. The molecular weight excluding hydrogens is 431 g/mol. The van der Waals surface area contributed by atoms with Crippen LogP contribution in [0.2, 0.25) is 10.0 Å². The van der Waals surface area contributed by atoms with Crippen LogP contribution in [-0.4, -0.2) is 40.1 Å². The minimum absolute atomic E-state index is 0.172. The van der Waals surface area contributed by atoms with Crippen molar-refractivity contribution in [2.45, 2.75) is 18.1 Å². The van der Waals surface area contributed by atoms with E-state index in [1.807, 2.05) is 41.0 Å². The monoisotopic (exact) mass is 450 g/mol. The quantitative estimate of drug-likeness (QED) is 0.366. The average molecular weight is 451 g/mol. The third kappa shape index (κ3) is 5.73. The molecule has 0 atom stereocenters. The van der Waals surface area contributed by atoms with Gasteiger partial charge in [-0.2, -0.15) is 0 Å². The summed E-state index contributed by atoms with van der Waals surface area (Å²) >= 11 is 13.7. The zero-order valence-electron chi connectivity index (χ0n) is 15.8. The van der Waals surface area contributed by atoms with Gasteiger partial charge in [0, 0.05) is 25.8 Å². The van der Waals surface area contributed by atoms with Crippen molar-refractivity contribution < 1.29 is 9.53 Å². The SMILES string of the molecule is COCCCn1c(SCC(=O)Nc2ccccc2Cl)nnc1-c1ccccc1Cl. The van der Waals surface area contributed by atoms with Crippen molar-refractivity contribution in [2.75, 3.05) is 24.8 Å². The van der Waals surface area contributed by atoms with Gasteiger partial charge in [0.25, 0.3) is 0 Å². The lowest BCUT2D eigenvalue weighted by Crippen LogP contribution is -2.15. The maximum atomic E-state index is 12.4. The molecule has 6 nitrogen and oxygen atoms in total. The van der Waals surface area contributed by atoms with Gasteiger partial charge in [0.2, 0.25) is 5.91 Å². The molecule has 0 aliphatic heterocycles. The van der Waals surface area contributed by atoms with E-state index in [4.69, 9.17) is 27.9 Å². The van der Waals surface area contributed by atoms with Gasteiger partial charge in [-0.1, -0.05) is 59.2 Å². The molecule has 0 aliphatic carbocycles. The first-order valence-corrected chi connectivity index (χ1v) is 10.7. The van der Waals surface area contributed by atoms with Crippen molar-refractivity contribution in [3.63, 3.8) is 0 Å². The number of rotatable bonds is 9. The molecule has 0 fully saturated rings. The highest BCUT2D eigenvalue weighted by Gasteiger charge is 2.17. The number of hydrogen-bond donors (Lipinski definition) is 1. The van der Waals surface area contributed by atoms with Crippen LogP contribution >= 0.6 is 35.0 Å². The van der Waals surface area contributed by atoms with Crippen LogP contribution in [0.5, 0.6) is 0 Å². The topological polar surface area (TPSA) is 69.0 Å². The predicted molar refractivity (Wildman–Crippen MR) is 118 cm³/mol. The molecule has 1 amide bonds. The molecule has 0 saturated heterocycles. The highest BCUT2D eigenvalue weighted by Crippen LogP contribution is 2.29. The molecule has 0 bridgehead atoms. The maximum absolute atomic E-state index is 12.4. The van der Waals surface area contributed by atoms with Crippen molar-refractivity contribution in [3.8, 4) is 11.4 Å². The van der Waals surface area contributed by atoms with Crippen LogP contribution in [0.25, 0.3) is 11.4 Å². The Morgan fingerprint density at radius 1 is 1.10 bits per heavy atom. The molecule has 0 aliphatic rings. The average Bonchev–Trinajstić information content (AvgIpc) is 3.11. The molecule has 0 spiro atoms. The van der Waals surface area contributed by atoms with Gasteiger partial charge < -0.3 is 14.6 Å². The fourth-order valence-corrected chi connectivity index (χ4v) is 3.85. The van der Waals surface area contributed by atoms with E-state index in [9.17, 15) is 4.79 Å². The van der Waals surface area contributed by atoms with E-state index in [2.05, 4.69) is 15.5 Å². The second-order valence-corrected chi connectivity index (χ2v) is 7.86. The number of ether oxygens (including phenoxy) is 1. The second kappa shape index (κ2) is 10.6. The third-order valence-corrected chi connectivity index (χ3v) is 5.67. The summed E-state index contributed by atoms with van der Waals surface area (Å²) in [4.78, 5) is 12.4. The number of carbonyl (C=O) groups is 1. The zero-order valence-corrected chi connectivity index (χ0v) is 18.1. The molecular formula is C20H20Cl2N4O2S. The van der Waals surface area contributed by atoms with Gasteiger partial charge in [-0.3, -0.25) is 4.79 Å².